The molecule has 0 spiro atoms. The van der Waals surface area contributed by atoms with Gasteiger partial charge in [-0.2, -0.15) is 0 Å². The molecule has 2 aromatic rings. The number of hydrogen-bond acceptors (Lipinski definition) is 2. The summed E-state index contributed by atoms with van der Waals surface area (Å²) in [5, 5.41) is 4.72. The highest BCUT2D eigenvalue weighted by Gasteiger charge is 2.23. The van der Waals surface area contributed by atoms with E-state index in [1.165, 1.54) is 25.2 Å². The quantitative estimate of drug-likeness (QED) is 0.902. The highest BCUT2D eigenvalue weighted by atomic mass is 19.2. The molecule has 0 heterocycles. The van der Waals surface area contributed by atoms with E-state index in [-0.39, 0.29) is 11.1 Å². The maximum Gasteiger partial charge on any atom is 0.252 e. The first-order valence-corrected chi connectivity index (χ1v) is 7.07. The molecular weight excluding hydrogens is 321 g/mol. The molecule has 0 aliphatic carbocycles. The highest BCUT2D eigenvalue weighted by Crippen LogP contribution is 2.18. The predicted octanol–water partition coefficient (Wildman–Crippen LogP) is 2.63. The van der Waals surface area contributed by atoms with E-state index in [1.807, 2.05) is 0 Å². The monoisotopic (exact) mass is 336 g/mol. The Morgan fingerprint density at radius 3 is 2.25 bits per heavy atom. The highest BCUT2D eigenvalue weighted by molar-refractivity contribution is 5.97. The Balaban J connectivity index is 2.31. The Bertz CT molecular complexity index is 793. The number of nitrogens with one attached hydrogen (secondary N) is 2. The molecule has 0 bridgehead atoms. The first-order valence-electron chi connectivity index (χ1n) is 7.07. The van der Waals surface area contributed by atoms with Crippen LogP contribution in [0.4, 0.5) is 13.2 Å². The molecule has 0 saturated carbocycles. The van der Waals surface area contributed by atoms with Gasteiger partial charge >= 0.3 is 0 Å². The largest absolute Gasteiger partial charge is 0.357 e. The molecule has 1 atom stereocenters. The smallest absolute Gasteiger partial charge is 0.252 e. The molecule has 1 unspecified atom stereocenters. The minimum Gasteiger partial charge on any atom is -0.357 e. The van der Waals surface area contributed by atoms with Crippen molar-refractivity contribution < 1.29 is 22.8 Å². The van der Waals surface area contributed by atoms with Gasteiger partial charge in [0.25, 0.3) is 5.91 Å². The van der Waals surface area contributed by atoms with Gasteiger partial charge in [0.1, 0.15) is 11.9 Å². The Hall–Kier alpha value is -2.83. The van der Waals surface area contributed by atoms with Gasteiger partial charge in [-0.05, 0) is 42.3 Å². The second-order valence-electron chi connectivity index (χ2n) is 5.16. The number of amides is 2. The Morgan fingerprint density at radius 2 is 1.67 bits per heavy atom. The molecule has 2 N–H and O–H groups in total. The van der Waals surface area contributed by atoms with E-state index in [1.54, 1.807) is 6.92 Å². The Kier molecular flexibility index (Phi) is 5.23. The maximum absolute atomic E-state index is 13.6. The van der Waals surface area contributed by atoms with Crippen molar-refractivity contribution in [1.29, 1.82) is 0 Å². The van der Waals surface area contributed by atoms with Gasteiger partial charge in [-0.1, -0.05) is 12.1 Å². The maximum atomic E-state index is 13.6. The summed E-state index contributed by atoms with van der Waals surface area (Å²) in [4.78, 5) is 24.2. The van der Waals surface area contributed by atoms with Crippen LogP contribution >= 0.6 is 0 Å². The van der Waals surface area contributed by atoms with Gasteiger partial charge in [-0.25, -0.2) is 13.2 Å². The zero-order chi connectivity index (χ0) is 17.9. The van der Waals surface area contributed by atoms with Crippen LogP contribution in [0, 0.1) is 24.4 Å². The van der Waals surface area contributed by atoms with Crippen LogP contribution in [0.1, 0.15) is 27.5 Å². The van der Waals surface area contributed by atoms with Crippen LogP contribution in [0.15, 0.2) is 36.4 Å². The van der Waals surface area contributed by atoms with E-state index < -0.39 is 35.3 Å². The van der Waals surface area contributed by atoms with Gasteiger partial charge in [-0.3, -0.25) is 9.59 Å². The first-order chi connectivity index (χ1) is 11.3. The van der Waals surface area contributed by atoms with Gasteiger partial charge in [0, 0.05) is 12.6 Å². The third kappa shape index (κ3) is 3.73. The Morgan fingerprint density at radius 1 is 0.958 bits per heavy atom. The summed E-state index contributed by atoms with van der Waals surface area (Å²) in [5.41, 5.74) is 0.443. The van der Waals surface area contributed by atoms with Gasteiger partial charge < -0.3 is 10.6 Å². The molecular formula is C17H15F3N2O2. The molecule has 0 fully saturated rings. The topological polar surface area (TPSA) is 58.2 Å². The standard InChI is InChI=1S/C17H15F3N2O2/c1-9-3-4-11(8-13(9)19)16(23)22-15(17(24)21-2)10-5-6-12(18)14(20)7-10/h3-8,15H,1-2H3,(H,21,24)(H,22,23). The van der Waals surface area contributed by atoms with Gasteiger partial charge in [0.2, 0.25) is 5.91 Å². The van der Waals surface area contributed by atoms with Crippen LogP contribution < -0.4 is 10.6 Å². The average molecular weight is 336 g/mol. The summed E-state index contributed by atoms with van der Waals surface area (Å²) in [6.45, 7) is 1.55. The van der Waals surface area contributed by atoms with Crippen molar-refractivity contribution in [3.8, 4) is 0 Å². The van der Waals surface area contributed by atoms with E-state index in [0.717, 1.165) is 18.2 Å². The zero-order valence-corrected chi connectivity index (χ0v) is 13.0. The molecule has 2 rings (SSSR count). The molecule has 2 amide bonds. The van der Waals surface area contributed by atoms with Crippen molar-refractivity contribution in [1.82, 2.24) is 10.6 Å². The van der Waals surface area contributed by atoms with E-state index >= 15 is 0 Å². The normalized spacial score (nSPS) is 11.7. The van der Waals surface area contributed by atoms with Gasteiger partial charge in [0.05, 0.1) is 0 Å². The summed E-state index contributed by atoms with van der Waals surface area (Å²) >= 11 is 0. The van der Waals surface area contributed by atoms with Crippen LogP contribution in [0.25, 0.3) is 0 Å². The lowest BCUT2D eigenvalue weighted by Crippen LogP contribution is -2.39. The molecule has 0 aliphatic rings. The number of rotatable bonds is 4. The number of halogens is 3. The van der Waals surface area contributed by atoms with E-state index in [0.29, 0.717) is 5.56 Å². The minimum atomic E-state index is -1.25. The van der Waals surface area contributed by atoms with Crippen LogP contribution in [-0.2, 0) is 4.79 Å². The number of likely N-dealkylation sites (N-methyl/N-ethyl adjacent to an activating group) is 1. The van der Waals surface area contributed by atoms with Crippen molar-refractivity contribution in [3.05, 3.63) is 70.5 Å². The number of carbonyl (C=O) groups excluding carboxylic acids is 2. The lowest BCUT2D eigenvalue weighted by atomic mass is 10.0. The molecule has 126 valence electrons. The summed E-state index contributed by atoms with van der Waals surface area (Å²) in [5.74, 6) is -4.11. The molecule has 24 heavy (non-hydrogen) atoms. The third-order valence-electron chi connectivity index (χ3n) is 3.50. The fraction of sp³-hybridized carbons (Fsp3) is 0.176. The third-order valence-corrected chi connectivity index (χ3v) is 3.50. The van der Waals surface area contributed by atoms with E-state index in [4.69, 9.17) is 0 Å². The SMILES string of the molecule is CNC(=O)C(NC(=O)c1ccc(C)c(F)c1)c1ccc(F)c(F)c1. The second kappa shape index (κ2) is 7.16. The van der Waals surface area contributed by atoms with Crippen LogP contribution in [0.3, 0.4) is 0 Å². The molecule has 0 aromatic heterocycles. The van der Waals surface area contributed by atoms with E-state index in [2.05, 4.69) is 10.6 Å². The minimum absolute atomic E-state index is 0.00888. The first kappa shape index (κ1) is 17.5. The van der Waals surface area contributed by atoms with Gasteiger partial charge in [0.15, 0.2) is 11.6 Å². The Labute approximate surface area is 136 Å². The van der Waals surface area contributed by atoms with Crippen molar-refractivity contribution >= 4 is 11.8 Å². The summed E-state index contributed by atoms with van der Waals surface area (Å²) < 4.78 is 40.0. The van der Waals surface area contributed by atoms with Crippen LogP contribution in [-0.4, -0.2) is 18.9 Å². The predicted molar refractivity (Wildman–Crippen MR) is 81.8 cm³/mol. The molecule has 7 heteroatoms. The summed E-state index contributed by atoms with van der Waals surface area (Å²) in [7, 11) is 1.34. The average Bonchev–Trinajstić information content (AvgIpc) is 2.56. The number of benzene rings is 2. The molecule has 4 nitrogen and oxygen atoms in total. The molecule has 0 aliphatic heterocycles. The second-order valence-corrected chi connectivity index (χ2v) is 5.16. The summed E-state index contributed by atoms with van der Waals surface area (Å²) in [6.07, 6.45) is 0. The number of aryl methyl sites for hydroxylation is 1. The van der Waals surface area contributed by atoms with Crippen molar-refractivity contribution in [3.63, 3.8) is 0 Å². The van der Waals surface area contributed by atoms with E-state index in [9.17, 15) is 22.8 Å². The summed E-state index contributed by atoms with van der Waals surface area (Å²) in [6, 6.07) is 5.49. The molecule has 2 aromatic carbocycles. The van der Waals surface area contributed by atoms with Crippen LogP contribution in [0.2, 0.25) is 0 Å². The number of carbonyl (C=O) groups is 2. The lowest BCUT2D eigenvalue weighted by molar-refractivity contribution is -0.122. The molecule has 0 saturated heterocycles. The van der Waals surface area contributed by atoms with Gasteiger partial charge in [-0.15, -0.1) is 0 Å². The fourth-order valence-electron chi connectivity index (χ4n) is 2.09. The number of hydrogen-bond donors (Lipinski definition) is 2. The van der Waals surface area contributed by atoms with Crippen molar-refractivity contribution in [2.75, 3.05) is 7.05 Å². The fourth-order valence-corrected chi connectivity index (χ4v) is 2.09. The van der Waals surface area contributed by atoms with Crippen LogP contribution in [0.5, 0.6) is 0 Å². The van der Waals surface area contributed by atoms with Crippen molar-refractivity contribution in [2.24, 2.45) is 0 Å². The molecule has 0 radical (unpaired) electrons. The lowest BCUT2D eigenvalue weighted by Gasteiger charge is -2.18. The zero-order valence-electron chi connectivity index (χ0n) is 13.0. The van der Waals surface area contributed by atoms with Crippen molar-refractivity contribution in [2.45, 2.75) is 13.0 Å².